The normalized spacial score (nSPS) is 12.5. The molecule has 2 aromatic rings. The van der Waals surface area contributed by atoms with Gasteiger partial charge < -0.3 is 4.57 Å². The van der Waals surface area contributed by atoms with Crippen LogP contribution in [0.15, 0.2) is 36.9 Å². The molecule has 1 atom stereocenters. The Balaban J connectivity index is 1.97. The molecule has 0 fully saturated rings. The Morgan fingerprint density at radius 2 is 2.00 bits per heavy atom. The summed E-state index contributed by atoms with van der Waals surface area (Å²) < 4.78 is 29.2. The molecule has 23 heavy (non-hydrogen) atoms. The maximum Gasteiger partial charge on any atom is 0.130 e. The van der Waals surface area contributed by atoms with Crippen molar-refractivity contribution in [3.05, 3.63) is 54.1 Å². The third-order valence-electron chi connectivity index (χ3n) is 3.81. The Morgan fingerprint density at radius 1 is 1.17 bits per heavy atom. The van der Waals surface area contributed by atoms with Crippen molar-refractivity contribution < 1.29 is 8.78 Å². The molecule has 2 nitrogen and oxygen atoms in total. The molecule has 0 bridgehead atoms. The molecule has 1 aromatic carbocycles. The molecule has 5 heteroatoms. The van der Waals surface area contributed by atoms with Crippen LogP contribution in [0.3, 0.4) is 0 Å². The van der Waals surface area contributed by atoms with E-state index < -0.39 is 11.6 Å². The van der Waals surface area contributed by atoms with Crippen LogP contribution in [0.4, 0.5) is 8.78 Å². The second-order valence-corrected chi connectivity index (χ2v) is 7.01. The number of hydrogen-bond acceptors (Lipinski definition) is 2. The zero-order chi connectivity index (χ0) is 16.5. The topological polar surface area (TPSA) is 17.8 Å². The Morgan fingerprint density at radius 3 is 2.70 bits per heavy atom. The van der Waals surface area contributed by atoms with Crippen LogP contribution in [0.1, 0.15) is 49.8 Å². The van der Waals surface area contributed by atoms with Gasteiger partial charge in [-0.3, -0.25) is 0 Å². The molecule has 0 saturated heterocycles. The average Bonchev–Trinajstić information content (AvgIpc) is 3.03. The van der Waals surface area contributed by atoms with Crippen LogP contribution in [0.2, 0.25) is 0 Å². The van der Waals surface area contributed by atoms with E-state index in [0.29, 0.717) is 12.1 Å². The second-order valence-electron chi connectivity index (χ2n) is 5.70. The molecule has 0 N–H and O–H groups in total. The number of nitrogens with zero attached hydrogens (tertiary/aromatic N) is 2. The van der Waals surface area contributed by atoms with Crippen LogP contribution in [-0.4, -0.2) is 15.3 Å². The van der Waals surface area contributed by atoms with Crippen LogP contribution in [0.25, 0.3) is 0 Å². The van der Waals surface area contributed by atoms with E-state index in [2.05, 4.69) is 11.9 Å². The fourth-order valence-corrected chi connectivity index (χ4v) is 3.82. The van der Waals surface area contributed by atoms with Crippen molar-refractivity contribution >= 4 is 11.8 Å². The minimum Gasteiger partial charge on any atom is -0.336 e. The number of imidazole rings is 1. The molecule has 0 amide bonds. The fourth-order valence-electron chi connectivity index (χ4n) is 2.52. The van der Waals surface area contributed by atoms with Crippen LogP contribution < -0.4 is 0 Å². The molecule has 0 aliphatic heterocycles. The Kier molecular flexibility index (Phi) is 7.59. The van der Waals surface area contributed by atoms with Gasteiger partial charge in [-0.2, -0.15) is 11.8 Å². The maximum absolute atomic E-state index is 14.1. The van der Waals surface area contributed by atoms with Gasteiger partial charge in [0.1, 0.15) is 11.6 Å². The van der Waals surface area contributed by atoms with E-state index in [1.54, 1.807) is 30.4 Å². The molecular weight excluding hydrogens is 314 g/mol. The third kappa shape index (κ3) is 5.98. The summed E-state index contributed by atoms with van der Waals surface area (Å²) in [6.07, 6.45) is 11.4. The Hall–Kier alpha value is -1.36. The number of unbranched alkanes of at least 4 members (excludes halogenated alkanes) is 4. The molecule has 0 saturated carbocycles. The van der Waals surface area contributed by atoms with Crippen LogP contribution in [-0.2, 0) is 6.54 Å². The lowest BCUT2D eigenvalue weighted by Gasteiger charge is -2.18. The zero-order valence-corrected chi connectivity index (χ0v) is 14.4. The van der Waals surface area contributed by atoms with Crippen LogP contribution in [0.5, 0.6) is 0 Å². The number of aromatic nitrogens is 2. The lowest BCUT2D eigenvalue weighted by atomic mass is 10.1. The van der Waals surface area contributed by atoms with Gasteiger partial charge in [0.15, 0.2) is 0 Å². The first-order chi connectivity index (χ1) is 11.2. The summed E-state index contributed by atoms with van der Waals surface area (Å²) in [6.45, 7) is 2.84. The van der Waals surface area contributed by atoms with E-state index in [9.17, 15) is 8.78 Å². The van der Waals surface area contributed by atoms with Gasteiger partial charge in [-0.15, -0.1) is 0 Å². The van der Waals surface area contributed by atoms with Crippen molar-refractivity contribution in [3.63, 3.8) is 0 Å². The van der Waals surface area contributed by atoms with Crippen molar-refractivity contribution in [3.8, 4) is 0 Å². The Labute approximate surface area is 141 Å². The molecule has 0 aliphatic rings. The molecule has 0 aliphatic carbocycles. The number of hydrogen-bond donors (Lipinski definition) is 0. The quantitative estimate of drug-likeness (QED) is 0.524. The minimum atomic E-state index is -0.530. The zero-order valence-electron chi connectivity index (χ0n) is 13.5. The van der Waals surface area contributed by atoms with Gasteiger partial charge in [0.2, 0.25) is 0 Å². The van der Waals surface area contributed by atoms with Gasteiger partial charge in [0.05, 0.1) is 11.6 Å². The van der Waals surface area contributed by atoms with Gasteiger partial charge in [0, 0.05) is 30.6 Å². The third-order valence-corrected chi connectivity index (χ3v) is 5.14. The molecule has 1 aromatic heterocycles. The highest BCUT2D eigenvalue weighted by Crippen LogP contribution is 2.33. The first-order valence-corrected chi connectivity index (χ1v) is 9.28. The smallest absolute Gasteiger partial charge is 0.130 e. The van der Waals surface area contributed by atoms with Gasteiger partial charge in [-0.25, -0.2) is 13.8 Å². The number of halogens is 2. The lowest BCUT2D eigenvalue weighted by Crippen LogP contribution is -2.08. The molecular formula is C18H24F2N2S. The number of rotatable bonds is 10. The highest BCUT2D eigenvalue weighted by Gasteiger charge is 2.17. The predicted octanol–water partition coefficient (Wildman–Crippen LogP) is 5.61. The summed E-state index contributed by atoms with van der Waals surface area (Å²) in [5.74, 6) is -0.00863. The standard InChI is InChI=1S/C18H24F2N2S/c1-2-3-4-5-6-11-23-18(13-22-10-9-21-14-22)16-8-7-15(19)12-17(16)20/h7-10,12,14,18H,2-6,11,13H2,1H3. The maximum atomic E-state index is 14.1. The Bertz CT molecular complexity index is 572. The summed E-state index contributed by atoms with van der Waals surface area (Å²) in [4.78, 5) is 4.04. The molecule has 0 radical (unpaired) electrons. The van der Waals surface area contributed by atoms with Crippen molar-refractivity contribution in [1.29, 1.82) is 0 Å². The predicted molar refractivity (Wildman–Crippen MR) is 92.5 cm³/mol. The van der Waals surface area contributed by atoms with Crippen molar-refractivity contribution in [2.75, 3.05) is 5.75 Å². The molecule has 2 rings (SSSR count). The monoisotopic (exact) mass is 338 g/mol. The largest absolute Gasteiger partial charge is 0.336 e. The fraction of sp³-hybridized carbons (Fsp3) is 0.500. The first-order valence-electron chi connectivity index (χ1n) is 8.23. The van der Waals surface area contributed by atoms with Gasteiger partial charge >= 0.3 is 0 Å². The number of benzene rings is 1. The summed E-state index contributed by atoms with van der Waals surface area (Å²) >= 11 is 1.74. The van der Waals surface area contributed by atoms with Gasteiger partial charge in [-0.1, -0.05) is 38.7 Å². The average molecular weight is 338 g/mol. The summed E-state index contributed by atoms with van der Waals surface area (Å²) in [7, 11) is 0. The van der Waals surface area contributed by atoms with Crippen molar-refractivity contribution in [2.45, 2.75) is 50.8 Å². The van der Waals surface area contributed by atoms with Gasteiger partial charge in [0.25, 0.3) is 0 Å². The molecule has 1 unspecified atom stereocenters. The van der Waals surface area contributed by atoms with Crippen LogP contribution in [0, 0.1) is 11.6 Å². The van der Waals surface area contributed by atoms with Crippen LogP contribution >= 0.6 is 11.8 Å². The second kappa shape index (κ2) is 9.71. The lowest BCUT2D eigenvalue weighted by molar-refractivity contribution is 0.561. The minimum absolute atomic E-state index is 0.0315. The van der Waals surface area contributed by atoms with Crippen molar-refractivity contribution in [2.24, 2.45) is 0 Å². The molecule has 126 valence electrons. The summed E-state index contributed by atoms with van der Waals surface area (Å²) in [5, 5.41) is -0.0315. The van der Waals surface area contributed by atoms with E-state index >= 15 is 0 Å². The highest BCUT2D eigenvalue weighted by atomic mass is 32.2. The van der Waals surface area contributed by atoms with Crippen molar-refractivity contribution in [1.82, 2.24) is 9.55 Å². The number of thioether (sulfide) groups is 1. The summed E-state index contributed by atoms with van der Waals surface area (Å²) in [5.41, 5.74) is 0.568. The van der Waals surface area contributed by atoms with E-state index in [1.807, 2.05) is 10.8 Å². The SMILES string of the molecule is CCCCCCCSC(Cn1ccnc1)c1ccc(F)cc1F. The first kappa shape index (κ1) is 18.0. The van der Waals surface area contributed by atoms with E-state index in [4.69, 9.17) is 0 Å². The van der Waals surface area contributed by atoms with E-state index in [0.717, 1.165) is 18.2 Å². The highest BCUT2D eigenvalue weighted by molar-refractivity contribution is 7.99. The summed E-state index contributed by atoms with van der Waals surface area (Å²) in [6, 6.07) is 3.87. The molecule has 1 heterocycles. The van der Waals surface area contributed by atoms with Gasteiger partial charge in [-0.05, 0) is 18.2 Å². The molecule has 0 spiro atoms. The van der Waals surface area contributed by atoms with E-state index in [1.165, 1.54) is 31.7 Å². The van der Waals surface area contributed by atoms with E-state index in [-0.39, 0.29) is 5.25 Å².